The third kappa shape index (κ3) is 3.65. The van der Waals surface area contributed by atoms with E-state index in [1.54, 1.807) is 0 Å². The molecule has 4 nitrogen and oxygen atoms in total. The molecule has 6 aromatic carbocycles. The number of para-hydroxylation sites is 4. The Morgan fingerprint density at radius 2 is 1.19 bits per heavy atom. The highest BCUT2D eigenvalue weighted by molar-refractivity contribution is 6.97. The van der Waals surface area contributed by atoms with E-state index in [1.165, 1.54) is 16.6 Å². The van der Waals surface area contributed by atoms with Gasteiger partial charge in [-0.1, -0.05) is 115 Å². The first-order valence-electron chi connectivity index (χ1n) is 14.5. The Labute approximate surface area is 249 Å². The summed E-state index contributed by atoms with van der Waals surface area (Å²) in [6.45, 7) is -0.0479. The Balaban J connectivity index is 1.33. The van der Waals surface area contributed by atoms with E-state index < -0.39 is 0 Å². The molecule has 0 saturated heterocycles. The quantitative estimate of drug-likeness (QED) is 0.206. The summed E-state index contributed by atoms with van der Waals surface area (Å²) < 4.78 is 19.7. The van der Waals surface area contributed by atoms with Crippen LogP contribution in [-0.4, -0.2) is 6.71 Å². The summed E-state index contributed by atoms with van der Waals surface area (Å²) in [5.74, 6) is 2.83. The van der Waals surface area contributed by atoms with Crippen molar-refractivity contribution in [2.24, 2.45) is 0 Å². The summed E-state index contributed by atoms with van der Waals surface area (Å²) >= 11 is 0. The van der Waals surface area contributed by atoms with Crippen molar-refractivity contribution in [1.82, 2.24) is 0 Å². The molecule has 3 heterocycles. The van der Waals surface area contributed by atoms with Gasteiger partial charge in [0.05, 0.1) is 11.1 Å². The van der Waals surface area contributed by atoms with Crippen molar-refractivity contribution >= 4 is 51.1 Å². The van der Waals surface area contributed by atoms with E-state index in [0.29, 0.717) is 11.5 Å². The molecule has 7 aromatic rings. The molecule has 0 spiro atoms. The van der Waals surface area contributed by atoms with Crippen molar-refractivity contribution in [3.63, 3.8) is 0 Å². The maximum Gasteiger partial charge on any atom is 0.316 e. The summed E-state index contributed by atoms with van der Waals surface area (Å²) in [6.07, 6.45) is 0. The maximum atomic E-state index is 6.84. The predicted molar refractivity (Wildman–Crippen MR) is 174 cm³/mol. The molecule has 0 amide bonds. The highest BCUT2D eigenvalue weighted by atomic mass is 16.6. The molecular formula is C38H24BNO3. The topological polar surface area (TPSA) is 34.8 Å². The third-order valence-electron chi connectivity index (χ3n) is 8.44. The first-order valence-corrected chi connectivity index (χ1v) is 14.5. The van der Waals surface area contributed by atoms with Crippen LogP contribution < -0.4 is 30.8 Å². The van der Waals surface area contributed by atoms with Crippen LogP contribution in [0.2, 0.25) is 0 Å². The largest absolute Gasteiger partial charge is 0.458 e. The van der Waals surface area contributed by atoms with E-state index in [4.69, 9.17) is 13.9 Å². The smallest absolute Gasteiger partial charge is 0.316 e. The second-order valence-corrected chi connectivity index (χ2v) is 10.9. The SMILES string of the molecule is c1ccc(-c2ccccc2B2c3ccccc3Oc3c2ccc2oc4c(c32)N(c2ccccc2)c2ccccc2O4)cc1. The summed E-state index contributed by atoms with van der Waals surface area (Å²) in [6, 6.07) is 50.2. The van der Waals surface area contributed by atoms with Crippen LogP contribution in [0.1, 0.15) is 0 Å². The van der Waals surface area contributed by atoms with E-state index in [0.717, 1.165) is 50.6 Å². The molecule has 0 radical (unpaired) electrons. The zero-order valence-corrected chi connectivity index (χ0v) is 23.1. The Morgan fingerprint density at radius 3 is 2.02 bits per heavy atom. The van der Waals surface area contributed by atoms with Crippen molar-refractivity contribution in [3.8, 4) is 34.3 Å². The number of ether oxygens (including phenoxy) is 2. The lowest BCUT2D eigenvalue weighted by Gasteiger charge is -2.32. The molecule has 2 aliphatic heterocycles. The lowest BCUT2D eigenvalue weighted by molar-refractivity contribution is 0.357. The van der Waals surface area contributed by atoms with Crippen LogP contribution in [0.25, 0.3) is 22.1 Å². The van der Waals surface area contributed by atoms with Crippen LogP contribution in [-0.2, 0) is 0 Å². The number of anilines is 3. The van der Waals surface area contributed by atoms with E-state index in [1.807, 2.05) is 42.5 Å². The Hall–Kier alpha value is -5.68. The molecule has 0 bridgehead atoms. The number of furan rings is 1. The van der Waals surface area contributed by atoms with Gasteiger partial charge in [0, 0.05) is 5.69 Å². The van der Waals surface area contributed by atoms with Gasteiger partial charge in [0.1, 0.15) is 22.8 Å². The van der Waals surface area contributed by atoms with Crippen LogP contribution in [0, 0.1) is 0 Å². The third-order valence-corrected chi connectivity index (χ3v) is 8.44. The molecule has 0 aliphatic carbocycles. The zero-order valence-electron chi connectivity index (χ0n) is 23.1. The first-order chi connectivity index (χ1) is 21.3. The molecule has 202 valence electrons. The first kappa shape index (κ1) is 24.0. The zero-order chi connectivity index (χ0) is 28.3. The lowest BCUT2D eigenvalue weighted by Crippen LogP contribution is -2.55. The molecule has 43 heavy (non-hydrogen) atoms. The van der Waals surface area contributed by atoms with Crippen LogP contribution >= 0.6 is 0 Å². The van der Waals surface area contributed by atoms with Crippen LogP contribution in [0.4, 0.5) is 17.1 Å². The minimum atomic E-state index is -0.0479. The number of rotatable bonds is 3. The van der Waals surface area contributed by atoms with Gasteiger partial charge in [-0.2, -0.15) is 0 Å². The van der Waals surface area contributed by atoms with Crippen molar-refractivity contribution in [3.05, 3.63) is 146 Å². The summed E-state index contributed by atoms with van der Waals surface area (Å²) in [5, 5.41) is 0.891. The van der Waals surface area contributed by atoms with E-state index >= 15 is 0 Å². The minimum absolute atomic E-state index is 0.0479. The van der Waals surface area contributed by atoms with Gasteiger partial charge in [0.15, 0.2) is 5.75 Å². The summed E-state index contributed by atoms with van der Waals surface area (Å²) in [4.78, 5) is 2.22. The average molecular weight is 553 g/mol. The molecule has 0 unspecified atom stereocenters. The molecule has 2 aliphatic rings. The van der Waals surface area contributed by atoms with E-state index in [-0.39, 0.29) is 6.71 Å². The molecule has 0 N–H and O–H groups in total. The number of hydrogen-bond acceptors (Lipinski definition) is 4. The van der Waals surface area contributed by atoms with Gasteiger partial charge in [0.2, 0.25) is 0 Å². The van der Waals surface area contributed by atoms with Gasteiger partial charge in [-0.25, -0.2) is 0 Å². The average Bonchev–Trinajstić information content (AvgIpc) is 3.45. The summed E-state index contributed by atoms with van der Waals surface area (Å²) in [5.41, 5.74) is 9.35. The molecular weight excluding hydrogens is 529 g/mol. The van der Waals surface area contributed by atoms with Crippen molar-refractivity contribution in [2.45, 2.75) is 0 Å². The van der Waals surface area contributed by atoms with Gasteiger partial charge in [0.25, 0.3) is 6.71 Å². The fourth-order valence-corrected chi connectivity index (χ4v) is 6.60. The molecule has 0 saturated carbocycles. The Kier molecular flexibility index (Phi) is 5.26. The van der Waals surface area contributed by atoms with Crippen molar-refractivity contribution in [2.75, 3.05) is 4.90 Å². The molecule has 9 rings (SSSR count). The Morgan fingerprint density at radius 1 is 0.512 bits per heavy atom. The fourth-order valence-electron chi connectivity index (χ4n) is 6.60. The van der Waals surface area contributed by atoms with E-state index in [2.05, 4.69) is 108 Å². The highest BCUT2D eigenvalue weighted by Gasteiger charge is 2.39. The van der Waals surface area contributed by atoms with Gasteiger partial charge < -0.3 is 13.9 Å². The number of fused-ring (bicyclic) bond motifs is 7. The normalized spacial score (nSPS) is 12.9. The number of nitrogens with zero attached hydrogens (tertiary/aromatic N) is 1. The Bertz CT molecular complexity index is 2160. The lowest BCUT2D eigenvalue weighted by atomic mass is 9.35. The predicted octanol–water partition coefficient (Wildman–Crippen LogP) is 8.30. The molecule has 1 aromatic heterocycles. The van der Waals surface area contributed by atoms with Gasteiger partial charge in [-0.3, -0.25) is 4.90 Å². The van der Waals surface area contributed by atoms with Crippen LogP contribution in [0.3, 0.4) is 0 Å². The fraction of sp³-hybridized carbons (Fsp3) is 0. The van der Waals surface area contributed by atoms with E-state index in [9.17, 15) is 0 Å². The number of hydrogen-bond donors (Lipinski definition) is 0. The molecule has 0 fully saturated rings. The second kappa shape index (κ2) is 9.43. The van der Waals surface area contributed by atoms with Gasteiger partial charge in [-0.05, 0) is 58.5 Å². The highest BCUT2D eigenvalue weighted by Crippen LogP contribution is 2.56. The van der Waals surface area contributed by atoms with Gasteiger partial charge >= 0.3 is 5.95 Å². The van der Waals surface area contributed by atoms with Gasteiger partial charge in [-0.15, -0.1) is 0 Å². The summed E-state index contributed by atoms with van der Waals surface area (Å²) in [7, 11) is 0. The standard InChI is InChI=1S/C38H24BNO3/c1-3-13-25(14-4-1)27-17-7-8-18-28(27)39-29-19-9-11-21-32(29)41-37-30(39)23-24-34-35(37)36-38(43-34)42-33-22-12-10-20-31(33)40(36)26-15-5-2-6-16-26/h1-24H. The number of benzene rings is 6. The van der Waals surface area contributed by atoms with Crippen LogP contribution in [0.5, 0.6) is 23.2 Å². The second-order valence-electron chi connectivity index (χ2n) is 10.9. The minimum Gasteiger partial charge on any atom is -0.458 e. The monoisotopic (exact) mass is 553 g/mol. The molecule has 0 atom stereocenters. The van der Waals surface area contributed by atoms with Crippen molar-refractivity contribution < 1.29 is 13.9 Å². The van der Waals surface area contributed by atoms with Crippen molar-refractivity contribution in [1.29, 1.82) is 0 Å². The maximum absolute atomic E-state index is 6.84. The van der Waals surface area contributed by atoms with Crippen LogP contribution in [0.15, 0.2) is 150 Å². The molecule has 5 heteroatoms.